The van der Waals surface area contributed by atoms with Gasteiger partial charge in [0, 0.05) is 48.6 Å². The molecule has 204 valence electrons. The number of halogens is 5. The monoisotopic (exact) mass is 533 g/mol. The number of nitrogens with zero attached hydrogens (tertiary/aromatic N) is 4. The molecule has 2 saturated heterocycles. The molecule has 5 rings (SSSR count). The van der Waals surface area contributed by atoms with Gasteiger partial charge < -0.3 is 10.2 Å². The molecule has 0 spiro atoms. The van der Waals surface area contributed by atoms with Crippen molar-refractivity contribution in [1.29, 1.82) is 0 Å². The highest BCUT2D eigenvalue weighted by Crippen LogP contribution is 2.37. The lowest BCUT2D eigenvalue weighted by Crippen LogP contribution is -2.44. The third kappa shape index (κ3) is 5.28. The molecule has 5 nitrogen and oxygen atoms in total. The lowest BCUT2D eigenvalue weighted by Gasteiger charge is -2.38. The molecule has 1 unspecified atom stereocenters. The van der Waals surface area contributed by atoms with Crippen LogP contribution in [0.5, 0.6) is 0 Å². The van der Waals surface area contributed by atoms with Crippen LogP contribution in [0.2, 0.25) is 0 Å². The third-order valence-corrected chi connectivity index (χ3v) is 7.99. The third-order valence-electron chi connectivity index (χ3n) is 7.99. The highest BCUT2D eigenvalue weighted by molar-refractivity contribution is 5.95. The highest BCUT2D eigenvalue weighted by atomic mass is 19.4. The van der Waals surface area contributed by atoms with Crippen LogP contribution in [0.3, 0.4) is 0 Å². The molecule has 2 aliphatic heterocycles. The first kappa shape index (κ1) is 26.6. The Kier molecular flexibility index (Phi) is 6.96. The summed E-state index contributed by atoms with van der Waals surface area (Å²) in [5.74, 6) is -2.08. The number of alkyl halides is 5. The van der Waals surface area contributed by atoms with Crippen molar-refractivity contribution in [3.8, 4) is 0 Å². The van der Waals surface area contributed by atoms with Gasteiger partial charge in [0.2, 0.25) is 0 Å². The van der Waals surface area contributed by atoms with Crippen molar-refractivity contribution in [1.82, 2.24) is 15.1 Å². The summed E-state index contributed by atoms with van der Waals surface area (Å²) in [6, 6.07) is 10.0. The van der Waals surface area contributed by atoms with E-state index in [9.17, 15) is 22.0 Å². The molecule has 3 aromatic rings. The first-order valence-corrected chi connectivity index (χ1v) is 13.0. The first-order chi connectivity index (χ1) is 17.9. The summed E-state index contributed by atoms with van der Waals surface area (Å²) in [6.45, 7) is 6.99. The van der Waals surface area contributed by atoms with Crippen LogP contribution in [0.4, 0.5) is 33.5 Å². The molecule has 0 aliphatic carbocycles. The van der Waals surface area contributed by atoms with E-state index < -0.39 is 23.7 Å². The van der Waals surface area contributed by atoms with Crippen molar-refractivity contribution in [3.63, 3.8) is 0 Å². The number of benzene rings is 2. The molecule has 2 aliphatic rings. The topological polar surface area (TPSA) is 44.3 Å². The molecule has 2 fully saturated rings. The van der Waals surface area contributed by atoms with Crippen LogP contribution in [-0.4, -0.2) is 53.2 Å². The Labute approximate surface area is 219 Å². The maximum atomic E-state index is 13.7. The molecule has 10 heteroatoms. The minimum Gasteiger partial charge on any atom is -0.371 e. The normalized spacial score (nSPS) is 19.7. The molecule has 1 aromatic heterocycles. The van der Waals surface area contributed by atoms with Crippen LogP contribution in [0.1, 0.15) is 54.6 Å². The molecule has 0 amide bonds. The van der Waals surface area contributed by atoms with E-state index in [0.29, 0.717) is 17.9 Å². The van der Waals surface area contributed by atoms with Crippen molar-refractivity contribution in [2.75, 3.05) is 36.4 Å². The molecule has 0 radical (unpaired) electrons. The summed E-state index contributed by atoms with van der Waals surface area (Å²) >= 11 is 0. The zero-order chi connectivity index (χ0) is 27.2. The van der Waals surface area contributed by atoms with Gasteiger partial charge in [0.15, 0.2) is 5.82 Å². The number of hydrogen-bond donors (Lipinski definition) is 1. The molecular weight excluding hydrogens is 501 g/mol. The molecule has 3 heterocycles. The quantitative estimate of drug-likeness (QED) is 0.368. The Morgan fingerprint density at radius 3 is 2.39 bits per heavy atom. The highest BCUT2D eigenvalue weighted by Gasteiger charge is 2.41. The van der Waals surface area contributed by atoms with Gasteiger partial charge in [0.25, 0.3) is 5.92 Å². The molecule has 1 N–H and O–H groups in total. The maximum Gasteiger partial charge on any atom is 0.416 e. The average Bonchev–Trinajstić information content (AvgIpc) is 3.24. The van der Waals surface area contributed by atoms with Gasteiger partial charge in [-0.15, -0.1) is 5.10 Å². The van der Waals surface area contributed by atoms with Gasteiger partial charge in [-0.05, 0) is 62.9 Å². The summed E-state index contributed by atoms with van der Waals surface area (Å²) in [6.07, 6.45) is -2.85. The van der Waals surface area contributed by atoms with Crippen molar-refractivity contribution in [3.05, 3.63) is 58.8 Å². The zero-order valence-corrected chi connectivity index (χ0v) is 21.7. The number of piperidine rings is 1. The zero-order valence-electron chi connectivity index (χ0n) is 21.7. The van der Waals surface area contributed by atoms with Crippen LogP contribution in [0.25, 0.3) is 10.8 Å². The van der Waals surface area contributed by atoms with E-state index in [2.05, 4.69) is 20.4 Å². The first-order valence-electron chi connectivity index (χ1n) is 13.0. The van der Waals surface area contributed by atoms with Crippen LogP contribution in [0.15, 0.2) is 36.4 Å². The summed E-state index contributed by atoms with van der Waals surface area (Å²) in [4.78, 5) is 4.18. The fourth-order valence-corrected chi connectivity index (χ4v) is 5.86. The Hall–Kier alpha value is -3.01. The van der Waals surface area contributed by atoms with Crippen LogP contribution in [-0.2, 0) is 6.18 Å². The summed E-state index contributed by atoms with van der Waals surface area (Å²) in [5, 5.41) is 13.7. The van der Waals surface area contributed by atoms with Crippen molar-refractivity contribution < 1.29 is 22.0 Å². The largest absolute Gasteiger partial charge is 0.416 e. The number of nitrogens with one attached hydrogen (secondary N) is 1. The molecule has 0 bridgehead atoms. The minimum absolute atomic E-state index is 0.0630. The molecule has 0 saturated carbocycles. The number of likely N-dealkylation sites (tertiary alicyclic amines) is 1. The Balaban J connectivity index is 1.37. The number of hydrogen-bond acceptors (Lipinski definition) is 5. The van der Waals surface area contributed by atoms with Gasteiger partial charge in [-0.1, -0.05) is 18.2 Å². The number of anilines is 2. The Morgan fingerprint density at radius 1 is 1.00 bits per heavy atom. The van der Waals surface area contributed by atoms with Crippen LogP contribution >= 0.6 is 0 Å². The SMILES string of the molecule is Cc1c(C(C)Nc2nnc(C)c3ccc(N4CCC(N5CCC(F)(F)C5)CC4)cc23)cccc1C(F)(F)F. The number of aromatic nitrogens is 2. The van der Waals surface area contributed by atoms with Crippen LogP contribution < -0.4 is 10.2 Å². The van der Waals surface area contributed by atoms with Gasteiger partial charge in [-0.2, -0.15) is 18.3 Å². The van der Waals surface area contributed by atoms with Gasteiger partial charge in [0.05, 0.1) is 23.8 Å². The minimum atomic E-state index is -4.42. The standard InChI is InChI=1S/C28H32F5N5/c1-17-22(5-4-6-25(17)28(31,32)33)18(2)34-26-24-15-21(7-8-23(24)19(3)35-36-26)37-12-9-20(10-13-37)38-14-11-27(29,30)16-38/h4-8,15,18,20H,9-14,16H2,1-3H3,(H,34,36). The lowest BCUT2D eigenvalue weighted by atomic mass is 9.97. The van der Waals surface area contributed by atoms with Crippen molar-refractivity contribution >= 4 is 22.3 Å². The lowest BCUT2D eigenvalue weighted by molar-refractivity contribution is -0.138. The molecule has 2 aromatic carbocycles. The van der Waals surface area contributed by atoms with Gasteiger partial charge in [-0.3, -0.25) is 4.90 Å². The van der Waals surface area contributed by atoms with E-state index in [4.69, 9.17) is 0 Å². The second-order valence-electron chi connectivity index (χ2n) is 10.5. The van der Waals surface area contributed by atoms with E-state index in [1.165, 1.54) is 13.0 Å². The Morgan fingerprint density at radius 2 is 1.74 bits per heavy atom. The van der Waals surface area contributed by atoms with E-state index >= 15 is 0 Å². The van der Waals surface area contributed by atoms with E-state index in [-0.39, 0.29) is 24.6 Å². The summed E-state index contributed by atoms with van der Waals surface area (Å²) < 4.78 is 67.7. The predicted octanol–water partition coefficient (Wildman–Crippen LogP) is 6.75. The summed E-state index contributed by atoms with van der Waals surface area (Å²) in [5.41, 5.74) is 1.84. The second kappa shape index (κ2) is 9.94. The van der Waals surface area contributed by atoms with Gasteiger partial charge in [0.1, 0.15) is 0 Å². The maximum absolute atomic E-state index is 13.7. The van der Waals surface area contributed by atoms with Crippen molar-refractivity contribution in [2.24, 2.45) is 0 Å². The number of rotatable bonds is 5. The van der Waals surface area contributed by atoms with Crippen LogP contribution in [0, 0.1) is 13.8 Å². The van der Waals surface area contributed by atoms with E-state index in [0.717, 1.165) is 54.2 Å². The van der Waals surface area contributed by atoms with Gasteiger partial charge >= 0.3 is 6.18 Å². The molecule has 38 heavy (non-hydrogen) atoms. The van der Waals surface area contributed by atoms with Crippen molar-refractivity contribution in [2.45, 2.75) is 64.2 Å². The molecule has 1 atom stereocenters. The van der Waals surface area contributed by atoms with E-state index in [1.54, 1.807) is 6.07 Å². The van der Waals surface area contributed by atoms with E-state index in [1.807, 2.05) is 36.9 Å². The number of fused-ring (bicyclic) bond motifs is 1. The summed E-state index contributed by atoms with van der Waals surface area (Å²) in [7, 11) is 0. The fourth-order valence-electron chi connectivity index (χ4n) is 5.86. The molecular formula is C28H32F5N5. The van der Waals surface area contributed by atoms with Gasteiger partial charge in [-0.25, -0.2) is 8.78 Å². The Bertz CT molecular complexity index is 1320. The second-order valence-corrected chi connectivity index (χ2v) is 10.5. The average molecular weight is 534 g/mol. The number of aryl methyl sites for hydroxylation is 1. The predicted molar refractivity (Wildman–Crippen MR) is 139 cm³/mol. The fraction of sp³-hybridized carbons (Fsp3) is 0.500. The smallest absolute Gasteiger partial charge is 0.371 e.